The van der Waals surface area contributed by atoms with Crippen LogP contribution in [0.3, 0.4) is 0 Å². The van der Waals surface area contributed by atoms with Crippen LogP contribution in [0.2, 0.25) is 0 Å². The standard InChI is InChI=1S/C32H62NO9P.2Na/c1-3-4-5-6-7-8-9-10-12-16-19-22-25-32(36)42-30(28-41-43(37,38)39)27-40-31(35)24-21-18-15-13-11-14-17-20-23-26-33-29(2)34;;/h30H,3-28H2,1-2H3,(H,33,34)(H2,37,38,39);;/q;2*+1/p-2/t30-;;/m1../s1. The fourth-order valence-corrected chi connectivity index (χ4v) is 5.15. The molecule has 0 aromatic carbocycles. The first-order valence-corrected chi connectivity index (χ1v) is 18.4. The molecule has 0 aliphatic heterocycles. The molecule has 45 heavy (non-hydrogen) atoms. The molecule has 0 rings (SSSR count). The Morgan fingerprint density at radius 3 is 1.44 bits per heavy atom. The van der Waals surface area contributed by atoms with Crippen LogP contribution in [0.25, 0.3) is 0 Å². The summed E-state index contributed by atoms with van der Waals surface area (Å²) < 4.78 is 25.6. The number of amides is 1. The summed E-state index contributed by atoms with van der Waals surface area (Å²) in [7, 11) is -5.25. The third kappa shape index (κ3) is 40.6. The summed E-state index contributed by atoms with van der Waals surface area (Å²) in [5.41, 5.74) is 0. The number of hydrogen-bond acceptors (Lipinski definition) is 9. The molecule has 0 aliphatic rings. The topological polar surface area (TPSA) is 154 Å². The molecule has 0 fully saturated rings. The van der Waals surface area contributed by atoms with Crippen LogP contribution >= 0.6 is 7.82 Å². The van der Waals surface area contributed by atoms with Crippen molar-refractivity contribution in [3.05, 3.63) is 0 Å². The summed E-state index contributed by atoms with van der Waals surface area (Å²) in [5, 5.41) is 2.80. The number of carbonyl (C=O) groups is 3. The summed E-state index contributed by atoms with van der Waals surface area (Å²) >= 11 is 0. The third-order valence-electron chi connectivity index (χ3n) is 7.31. The number of phosphoric acid groups is 1. The third-order valence-corrected chi connectivity index (χ3v) is 7.78. The van der Waals surface area contributed by atoms with Crippen LogP contribution in [-0.2, 0) is 32.9 Å². The van der Waals surface area contributed by atoms with E-state index in [9.17, 15) is 28.7 Å². The second kappa shape index (κ2) is 35.8. The van der Waals surface area contributed by atoms with Crippen molar-refractivity contribution < 1.29 is 102 Å². The molecule has 0 aromatic rings. The second-order valence-corrected chi connectivity index (χ2v) is 12.7. The Balaban J connectivity index is -0.00000882. The van der Waals surface area contributed by atoms with E-state index >= 15 is 0 Å². The van der Waals surface area contributed by atoms with Crippen LogP contribution in [0.15, 0.2) is 0 Å². The first-order chi connectivity index (χ1) is 20.6. The van der Waals surface area contributed by atoms with Gasteiger partial charge in [0, 0.05) is 26.3 Å². The Bertz CT molecular complexity index is 756. The molecule has 0 saturated heterocycles. The van der Waals surface area contributed by atoms with Crippen LogP contribution in [-0.4, -0.2) is 43.7 Å². The van der Waals surface area contributed by atoms with Crippen LogP contribution in [0.4, 0.5) is 0 Å². The van der Waals surface area contributed by atoms with E-state index in [4.69, 9.17) is 9.47 Å². The van der Waals surface area contributed by atoms with Gasteiger partial charge in [-0.05, 0) is 19.3 Å². The number of rotatable bonds is 31. The van der Waals surface area contributed by atoms with E-state index < -0.39 is 32.5 Å². The maximum Gasteiger partial charge on any atom is 1.00 e. The summed E-state index contributed by atoms with van der Waals surface area (Å²) in [5.74, 6) is -0.985. The van der Waals surface area contributed by atoms with Gasteiger partial charge >= 0.3 is 71.1 Å². The summed E-state index contributed by atoms with van der Waals surface area (Å²) in [4.78, 5) is 57.0. The SMILES string of the molecule is CCCCCCCCCCCCCCC(=O)O[C@H](COC(=O)CCCCCCCCCCCNC(C)=O)COP(=O)([O-])[O-].[Na+].[Na+]. The fourth-order valence-electron chi connectivity index (χ4n) is 4.80. The Labute approximate surface area is 317 Å². The Hall–Kier alpha value is 0.520. The van der Waals surface area contributed by atoms with Gasteiger partial charge in [-0.15, -0.1) is 0 Å². The molecule has 0 heterocycles. The maximum atomic E-state index is 12.3. The van der Waals surface area contributed by atoms with Gasteiger partial charge in [0.2, 0.25) is 5.91 Å². The van der Waals surface area contributed by atoms with Crippen molar-refractivity contribution in [1.29, 1.82) is 0 Å². The van der Waals surface area contributed by atoms with E-state index in [2.05, 4.69) is 16.8 Å². The quantitative estimate of drug-likeness (QED) is 0.0476. The normalized spacial score (nSPS) is 11.6. The number of hydrogen-bond donors (Lipinski definition) is 1. The smallest absolute Gasteiger partial charge is 0.790 e. The number of phosphoric ester groups is 1. The second-order valence-electron chi connectivity index (χ2n) is 11.6. The van der Waals surface area contributed by atoms with Crippen molar-refractivity contribution in [3.63, 3.8) is 0 Å². The van der Waals surface area contributed by atoms with E-state index in [1.807, 2.05) is 0 Å². The average Bonchev–Trinajstić information content (AvgIpc) is 2.95. The molecular weight excluding hydrogens is 619 g/mol. The first-order valence-electron chi connectivity index (χ1n) is 16.9. The monoisotopic (exact) mass is 679 g/mol. The van der Waals surface area contributed by atoms with Crippen LogP contribution in [0.1, 0.15) is 162 Å². The van der Waals surface area contributed by atoms with Crippen molar-refractivity contribution in [2.45, 2.75) is 168 Å². The molecule has 1 atom stereocenters. The number of carbonyl (C=O) groups excluding carboxylic acids is 3. The minimum Gasteiger partial charge on any atom is -0.790 e. The van der Waals surface area contributed by atoms with Gasteiger partial charge in [0.05, 0.1) is 14.4 Å². The van der Waals surface area contributed by atoms with Crippen LogP contribution in [0, 0.1) is 0 Å². The molecule has 0 saturated carbocycles. The van der Waals surface area contributed by atoms with Gasteiger partial charge in [0.1, 0.15) is 6.61 Å². The molecule has 0 aliphatic carbocycles. The minimum absolute atomic E-state index is 0. The fraction of sp³-hybridized carbons (Fsp3) is 0.906. The van der Waals surface area contributed by atoms with Crippen molar-refractivity contribution in [2.24, 2.45) is 0 Å². The van der Waals surface area contributed by atoms with Gasteiger partial charge in [-0.3, -0.25) is 14.4 Å². The van der Waals surface area contributed by atoms with Gasteiger partial charge in [0.25, 0.3) is 0 Å². The predicted molar refractivity (Wildman–Crippen MR) is 165 cm³/mol. The van der Waals surface area contributed by atoms with Gasteiger partial charge in [-0.25, -0.2) is 0 Å². The van der Waals surface area contributed by atoms with Crippen molar-refractivity contribution in [1.82, 2.24) is 5.32 Å². The number of ether oxygens (including phenoxy) is 2. The largest absolute Gasteiger partial charge is 1.00 e. The molecule has 1 amide bonds. The average molecular weight is 680 g/mol. The Kier molecular flexibility index (Phi) is 39.7. The molecule has 0 bridgehead atoms. The minimum atomic E-state index is -5.25. The predicted octanol–water partition coefficient (Wildman–Crippen LogP) is 0.423. The van der Waals surface area contributed by atoms with E-state index in [1.54, 1.807) is 0 Å². The Morgan fingerprint density at radius 2 is 1.02 bits per heavy atom. The summed E-state index contributed by atoms with van der Waals surface area (Å²) in [6.07, 6.45) is 22.5. The number of unbranched alkanes of at least 4 members (excludes halogenated alkanes) is 19. The molecular formula is C32H60NNa2O9P. The molecule has 0 unspecified atom stereocenters. The summed E-state index contributed by atoms with van der Waals surface area (Å²) in [6, 6.07) is 0. The van der Waals surface area contributed by atoms with E-state index in [0.717, 1.165) is 77.2 Å². The van der Waals surface area contributed by atoms with Crippen LogP contribution < -0.4 is 74.2 Å². The number of esters is 2. The molecule has 0 aromatic heterocycles. The van der Waals surface area contributed by atoms with Gasteiger partial charge in [-0.2, -0.15) is 0 Å². The molecule has 10 nitrogen and oxygen atoms in total. The van der Waals surface area contributed by atoms with E-state index in [-0.39, 0.29) is 84.5 Å². The van der Waals surface area contributed by atoms with E-state index in [1.165, 1.54) is 58.3 Å². The zero-order valence-electron chi connectivity index (χ0n) is 29.1. The van der Waals surface area contributed by atoms with E-state index in [0.29, 0.717) is 12.8 Å². The van der Waals surface area contributed by atoms with Crippen LogP contribution in [0.5, 0.6) is 0 Å². The zero-order valence-corrected chi connectivity index (χ0v) is 34.0. The van der Waals surface area contributed by atoms with Gasteiger partial charge in [0.15, 0.2) is 6.10 Å². The van der Waals surface area contributed by atoms with Crippen molar-refractivity contribution >= 4 is 25.7 Å². The molecule has 1 N–H and O–H groups in total. The Morgan fingerprint density at radius 1 is 0.622 bits per heavy atom. The molecule has 0 spiro atoms. The summed E-state index contributed by atoms with van der Waals surface area (Å²) in [6.45, 7) is 3.45. The first kappa shape index (κ1) is 49.9. The van der Waals surface area contributed by atoms with Gasteiger partial charge in [-0.1, -0.05) is 122 Å². The molecule has 13 heteroatoms. The van der Waals surface area contributed by atoms with Gasteiger partial charge < -0.3 is 33.7 Å². The maximum absolute atomic E-state index is 12.3. The zero-order chi connectivity index (χ0) is 32.0. The molecule has 254 valence electrons. The number of nitrogens with one attached hydrogen (secondary N) is 1. The van der Waals surface area contributed by atoms with Crippen molar-refractivity contribution in [3.8, 4) is 0 Å². The van der Waals surface area contributed by atoms with Crippen molar-refractivity contribution in [2.75, 3.05) is 19.8 Å². The molecule has 0 radical (unpaired) electrons.